The van der Waals surface area contributed by atoms with Crippen LogP contribution < -0.4 is 20.1 Å². The lowest BCUT2D eigenvalue weighted by molar-refractivity contribution is -0.116. The molecular formula is C19H21BrN2O4. The molecule has 0 fully saturated rings. The van der Waals surface area contributed by atoms with Gasteiger partial charge in [-0.15, -0.1) is 0 Å². The normalized spacial score (nSPS) is 10.2. The predicted molar refractivity (Wildman–Crippen MR) is 105 cm³/mol. The number of methoxy groups -OCH3 is 2. The van der Waals surface area contributed by atoms with Crippen LogP contribution in [-0.2, 0) is 16.0 Å². The molecular weight excluding hydrogens is 400 g/mol. The number of aryl methyl sites for hydroxylation is 1. The van der Waals surface area contributed by atoms with Gasteiger partial charge in [0.25, 0.3) is 0 Å². The summed E-state index contributed by atoms with van der Waals surface area (Å²) in [6.45, 7) is 1.42. The van der Waals surface area contributed by atoms with Gasteiger partial charge in [-0.2, -0.15) is 0 Å². The molecule has 0 bridgehead atoms. The molecule has 2 aromatic rings. The van der Waals surface area contributed by atoms with Crippen molar-refractivity contribution in [1.82, 2.24) is 0 Å². The molecule has 138 valence electrons. The minimum Gasteiger partial charge on any atom is -0.497 e. The van der Waals surface area contributed by atoms with E-state index in [0.717, 1.165) is 10.0 Å². The van der Waals surface area contributed by atoms with Crippen molar-refractivity contribution in [2.24, 2.45) is 0 Å². The number of amides is 2. The zero-order valence-electron chi connectivity index (χ0n) is 14.9. The number of ether oxygens (including phenoxy) is 2. The Hall–Kier alpha value is -2.54. The summed E-state index contributed by atoms with van der Waals surface area (Å²) in [6, 6.07) is 10.7. The molecule has 2 rings (SSSR count). The van der Waals surface area contributed by atoms with E-state index < -0.39 is 0 Å². The number of nitrogens with one attached hydrogen (secondary N) is 2. The summed E-state index contributed by atoms with van der Waals surface area (Å²) in [5.74, 6) is 1.05. The van der Waals surface area contributed by atoms with Crippen molar-refractivity contribution in [2.45, 2.75) is 19.8 Å². The molecule has 2 amide bonds. The second kappa shape index (κ2) is 9.24. The van der Waals surface area contributed by atoms with Gasteiger partial charge in [0.1, 0.15) is 11.5 Å². The van der Waals surface area contributed by atoms with Crippen LogP contribution >= 0.6 is 15.9 Å². The topological polar surface area (TPSA) is 76.7 Å². The summed E-state index contributed by atoms with van der Waals surface area (Å²) >= 11 is 3.37. The lowest BCUT2D eigenvalue weighted by Gasteiger charge is -2.13. The van der Waals surface area contributed by atoms with Crippen molar-refractivity contribution < 1.29 is 19.1 Å². The Bertz CT molecular complexity index is 808. The van der Waals surface area contributed by atoms with E-state index in [-0.39, 0.29) is 18.2 Å². The van der Waals surface area contributed by atoms with Crippen molar-refractivity contribution in [3.05, 3.63) is 46.4 Å². The number of benzene rings is 2. The summed E-state index contributed by atoms with van der Waals surface area (Å²) in [5, 5.41) is 5.54. The van der Waals surface area contributed by atoms with Crippen LogP contribution in [0.1, 0.15) is 18.9 Å². The van der Waals surface area contributed by atoms with E-state index >= 15 is 0 Å². The molecule has 0 aliphatic rings. The number of hydrogen-bond acceptors (Lipinski definition) is 4. The average Bonchev–Trinajstić information content (AvgIpc) is 2.61. The fraction of sp³-hybridized carbons (Fsp3) is 0.263. The lowest BCUT2D eigenvalue weighted by atomic mass is 10.1. The number of carbonyl (C=O) groups is 2. The molecule has 0 saturated heterocycles. The van der Waals surface area contributed by atoms with Crippen molar-refractivity contribution in [1.29, 1.82) is 0 Å². The van der Waals surface area contributed by atoms with Crippen molar-refractivity contribution in [3.63, 3.8) is 0 Å². The summed E-state index contributed by atoms with van der Waals surface area (Å²) in [7, 11) is 3.18. The Morgan fingerprint density at radius 2 is 1.77 bits per heavy atom. The van der Waals surface area contributed by atoms with Gasteiger partial charge in [0.05, 0.1) is 25.6 Å². The third-order valence-corrected chi connectivity index (χ3v) is 4.17. The SMILES string of the molecule is COc1ccc(OC)c(CCC(=O)Nc2cc(Br)ccc2NC(C)=O)c1. The van der Waals surface area contributed by atoms with Crippen molar-refractivity contribution in [2.75, 3.05) is 24.9 Å². The molecule has 0 aliphatic carbocycles. The monoisotopic (exact) mass is 420 g/mol. The first-order valence-electron chi connectivity index (χ1n) is 8.01. The standard InChI is InChI=1S/C19H21BrN2O4/c1-12(23)21-16-7-5-14(20)11-17(16)22-19(24)9-4-13-10-15(25-2)6-8-18(13)26-3/h5-8,10-11H,4,9H2,1-3H3,(H,21,23)(H,22,24). The first-order valence-corrected chi connectivity index (χ1v) is 8.80. The second-order valence-corrected chi connectivity index (χ2v) is 6.51. The third-order valence-electron chi connectivity index (χ3n) is 3.68. The van der Waals surface area contributed by atoms with Gasteiger partial charge in [0.15, 0.2) is 0 Å². The Kier molecular flexibility index (Phi) is 7.03. The molecule has 0 heterocycles. The number of halogens is 1. The molecule has 0 aliphatic heterocycles. The molecule has 0 atom stereocenters. The van der Waals surface area contributed by atoms with E-state index in [1.807, 2.05) is 18.2 Å². The van der Waals surface area contributed by atoms with Crippen LogP contribution in [0.5, 0.6) is 11.5 Å². The maximum Gasteiger partial charge on any atom is 0.224 e. The second-order valence-electron chi connectivity index (χ2n) is 5.60. The molecule has 0 saturated carbocycles. The smallest absolute Gasteiger partial charge is 0.224 e. The Balaban J connectivity index is 2.08. The fourth-order valence-electron chi connectivity index (χ4n) is 2.46. The molecule has 0 unspecified atom stereocenters. The fourth-order valence-corrected chi connectivity index (χ4v) is 2.82. The molecule has 26 heavy (non-hydrogen) atoms. The summed E-state index contributed by atoms with van der Waals surface area (Å²) in [5.41, 5.74) is 1.98. The average molecular weight is 421 g/mol. The van der Waals surface area contributed by atoms with Crippen LogP contribution in [0.2, 0.25) is 0 Å². The van der Waals surface area contributed by atoms with E-state index in [1.54, 1.807) is 32.4 Å². The van der Waals surface area contributed by atoms with E-state index in [9.17, 15) is 9.59 Å². The minimum absolute atomic E-state index is 0.167. The molecule has 0 aromatic heterocycles. The Morgan fingerprint density at radius 3 is 2.42 bits per heavy atom. The van der Waals surface area contributed by atoms with Crippen LogP contribution in [0.3, 0.4) is 0 Å². The maximum atomic E-state index is 12.4. The number of rotatable bonds is 7. The quantitative estimate of drug-likeness (QED) is 0.709. The summed E-state index contributed by atoms with van der Waals surface area (Å²) < 4.78 is 11.4. The zero-order chi connectivity index (χ0) is 19.1. The third kappa shape index (κ3) is 5.49. The molecule has 2 aromatic carbocycles. The summed E-state index contributed by atoms with van der Waals surface area (Å²) in [6.07, 6.45) is 0.755. The molecule has 0 radical (unpaired) electrons. The van der Waals surface area contributed by atoms with Gasteiger partial charge in [-0.3, -0.25) is 9.59 Å². The zero-order valence-corrected chi connectivity index (χ0v) is 16.5. The van der Waals surface area contributed by atoms with Crippen molar-refractivity contribution >= 4 is 39.1 Å². The largest absolute Gasteiger partial charge is 0.497 e. The summed E-state index contributed by atoms with van der Waals surface area (Å²) in [4.78, 5) is 23.7. The van der Waals surface area contributed by atoms with Gasteiger partial charge in [-0.1, -0.05) is 15.9 Å². The molecule has 0 spiro atoms. The van der Waals surface area contributed by atoms with E-state index in [4.69, 9.17) is 9.47 Å². The molecule has 6 nitrogen and oxygen atoms in total. The van der Waals surface area contributed by atoms with Gasteiger partial charge in [0.2, 0.25) is 11.8 Å². The van der Waals surface area contributed by atoms with Gasteiger partial charge < -0.3 is 20.1 Å². The van der Waals surface area contributed by atoms with E-state index in [0.29, 0.717) is 29.3 Å². The van der Waals surface area contributed by atoms with Crippen LogP contribution in [-0.4, -0.2) is 26.0 Å². The van der Waals surface area contributed by atoms with Crippen LogP contribution in [0, 0.1) is 0 Å². The first-order chi connectivity index (χ1) is 12.4. The van der Waals surface area contributed by atoms with Crippen molar-refractivity contribution in [3.8, 4) is 11.5 Å². The Morgan fingerprint density at radius 1 is 1.00 bits per heavy atom. The number of anilines is 2. The van der Waals surface area contributed by atoms with E-state index in [1.165, 1.54) is 6.92 Å². The highest BCUT2D eigenvalue weighted by atomic mass is 79.9. The maximum absolute atomic E-state index is 12.4. The van der Waals surface area contributed by atoms with Crippen LogP contribution in [0.25, 0.3) is 0 Å². The minimum atomic E-state index is -0.205. The predicted octanol–water partition coefficient (Wildman–Crippen LogP) is 4.00. The molecule has 2 N–H and O–H groups in total. The van der Waals surface area contributed by atoms with E-state index in [2.05, 4.69) is 26.6 Å². The van der Waals surface area contributed by atoms with Gasteiger partial charge in [-0.05, 0) is 48.4 Å². The highest BCUT2D eigenvalue weighted by Gasteiger charge is 2.11. The van der Waals surface area contributed by atoms with Crippen LogP contribution in [0.4, 0.5) is 11.4 Å². The van der Waals surface area contributed by atoms with Gasteiger partial charge in [0, 0.05) is 17.8 Å². The highest BCUT2D eigenvalue weighted by Crippen LogP contribution is 2.28. The Labute approximate surface area is 161 Å². The lowest BCUT2D eigenvalue weighted by Crippen LogP contribution is -2.15. The first kappa shape index (κ1) is 19.8. The van der Waals surface area contributed by atoms with Gasteiger partial charge >= 0.3 is 0 Å². The highest BCUT2D eigenvalue weighted by molar-refractivity contribution is 9.10. The molecule has 7 heteroatoms. The number of hydrogen-bond donors (Lipinski definition) is 2. The van der Waals surface area contributed by atoms with Gasteiger partial charge in [-0.25, -0.2) is 0 Å². The van der Waals surface area contributed by atoms with Crippen LogP contribution in [0.15, 0.2) is 40.9 Å². The number of carbonyl (C=O) groups excluding carboxylic acids is 2.